The van der Waals surface area contributed by atoms with E-state index < -0.39 is 11.5 Å². The van der Waals surface area contributed by atoms with Gasteiger partial charge in [-0.05, 0) is 45.4 Å². The number of nitrogens with one attached hydrogen (secondary N) is 1. The van der Waals surface area contributed by atoms with Crippen LogP contribution in [0.15, 0.2) is 18.2 Å². The van der Waals surface area contributed by atoms with Crippen LogP contribution < -0.4 is 5.32 Å². The van der Waals surface area contributed by atoms with Crippen molar-refractivity contribution in [2.45, 2.75) is 32.4 Å². The number of alkyl halides is 1. The summed E-state index contributed by atoms with van der Waals surface area (Å²) in [6.45, 7) is 4.92. The highest BCUT2D eigenvalue weighted by atomic mass is 19.1. The molecule has 1 N–H and O–H groups in total. The van der Waals surface area contributed by atoms with E-state index in [0.717, 1.165) is 24.9 Å². The van der Waals surface area contributed by atoms with Gasteiger partial charge in [0.25, 0.3) is 0 Å². The molecular weight excluding hydrogens is 220 g/mol. The van der Waals surface area contributed by atoms with Crippen LogP contribution in [0.1, 0.15) is 30.9 Å². The predicted molar refractivity (Wildman–Crippen MR) is 65.2 cm³/mol. The Balaban J connectivity index is 2.32. The molecule has 1 saturated heterocycles. The van der Waals surface area contributed by atoms with Crippen molar-refractivity contribution >= 4 is 0 Å². The molecule has 2 unspecified atom stereocenters. The molecule has 1 aliphatic rings. The van der Waals surface area contributed by atoms with Crippen LogP contribution in [0.4, 0.5) is 8.78 Å². The average Bonchev–Trinajstić information content (AvgIpc) is 2.33. The largest absolute Gasteiger partial charge is 0.316 e. The Morgan fingerprint density at radius 2 is 2.18 bits per heavy atom. The second kappa shape index (κ2) is 4.73. The normalized spacial score (nSPS) is 24.4. The molecule has 0 bridgehead atoms. The first-order valence-corrected chi connectivity index (χ1v) is 6.18. The molecule has 0 aliphatic carbocycles. The molecule has 1 nitrogen and oxygen atoms in total. The van der Waals surface area contributed by atoms with Crippen molar-refractivity contribution in [3.8, 4) is 0 Å². The van der Waals surface area contributed by atoms with E-state index in [0.29, 0.717) is 6.54 Å². The lowest BCUT2D eigenvalue weighted by Crippen LogP contribution is -2.40. The van der Waals surface area contributed by atoms with Crippen molar-refractivity contribution < 1.29 is 8.78 Å². The van der Waals surface area contributed by atoms with Gasteiger partial charge in [0.15, 0.2) is 0 Å². The summed E-state index contributed by atoms with van der Waals surface area (Å²) in [5, 5.41) is 3.18. The quantitative estimate of drug-likeness (QED) is 0.834. The first-order chi connectivity index (χ1) is 8.01. The molecule has 94 valence electrons. The second-order valence-corrected chi connectivity index (χ2v) is 5.10. The molecule has 1 fully saturated rings. The maximum Gasteiger partial charge on any atom is 0.140 e. The molecule has 2 atom stereocenters. The number of piperidine rings is 1. The van der Waals surface area contributed by atoms with E-state index in [2.05, 4.69) is 5.32 Å². The van der Waals surface area contributed by atoms with E-state index in [9.17, 15) is 8.78 Å². The van der Waals surface area contributed by atoms with Crippen molar-refractivity contribution in [1.82, 2.24) is 5.32 Å². The van der Waals surface area contributed by atoms with Gasteiger partial charge in [-0.1, -0.05) is 11.6 Å². The fourth-order valence-electron chi connectivity index (χ4n) is 2.55. The monoisotopic (exact) mass is 239 g/mol. The molecule has 0 saturated carbocycles. The van der Waals surface area contributed by atoms with Gasteiger partial charge in [0.05, 0.1) is 0 Å². The maximum absolute atomic E-state index is 14.9. The Labute approximate surface area is 101 Å². The van der Waals surface area contributed by atoms with E-state index in [1.807, 2.05) is 6.92 Å². The zero-order valence-electron chi connectivity index (χ0n) is 10.4. The first-order valence-electron chi connectivity index (χ1n) is 6.18. The van der Waals surface area contributed by atoms with Crippen LogP contribution in [0.5, 0.6) is 0 Å². The Bertz CT molecular complexity index is 395. The van der Waals surface area contributed by atoms with E-state index in [1.165, 1.54) is 13.0 Å². The molecule has 0 aromatic heterocycles. The number of hydrogen-bond donors (Lipinski definition) is 1. The third kappa shape index (κ3) is 2.49. The zero-order chi connectivity index (χ0) is 12.5. The van der Waals surface area contributed by atoms with Gasteiger partial charge in [0.2, 0.25) is 0 Å². The van der Waals surface area contributed by atoms with Gasteiger partial charge in [-0.3, -0.25) is 0 Å². The van der Waals surface area contributed by atoms with Crippen LogP contribution in [0, 0.1) is 18.7 Å². The molecule has 0 radical (unpaired) electrons. The second-order valence-electron chi connectivity index (χ2n) is 5.10. The lowest BCUT2D eigenvalue weighted by molar-refractivity contribution is 0.0771. The molecule has 1 heterocycles. The molecule has 0 amide bonds. The van der Waals surface area contributed by atoms with Crippen LogP contribution in [-0.2, 0) is 5.67 Å². The van der Waals surface area contributed by atoms with Gasteiger partial charge in [0, 0.05) is 18.0 Å². The summed E-state index contributed by atoms with van der Waals surface area (Å²) in [6, 6.07) is 4.66. The Morgan fingerprint density at radius 1 is 1.41 bits per heavy atom. The lowest BCUT2D eigenvalue weighted by atomic mass is 9.79. The Hall–Kier alpha value is -0.960. The minimum Gasteiger partial charge on any atom is -0.316 e. The highest BCUT2D eigenvalue weighted by Gasteiger charge is 2.38. The van der Waals surface area contributed by atoms with Gasteiger partial charge in [0.1, 0.15) is 11.5 Å². The highest BCUT2D eigenvalue weighted by Crippen LogP contribution is 2.38. The molecule has 1 aromatic carbocycles. The highest BCUT2D eigenvalue weighted by molar-refractivity contribution is 5.29. The summed E-state index contributed by atoms with van der Waals surface area (Å²) < 4.78 is 28.6. The summed E-state index contributed by atoms with van der Waals surface area (Å²) in [7, 11) is 0. The molecule has 3 heteroatoms. The van der Waals surface area contributed by atoms with Crippen LogP contribution in [0.2, 0.25) is 0 Å². The van der Waals surface area contributed by atoms with E-state index in [1.54, 1.807) is 12.1 Å². The molecule has 17 heavy (non-hydrogen) atoms. The molecule has 1 aliphatic heterocycles. The van der Waals surface area contributed by atoms with Gasteiger partial charge < -0.3 is 5.32 Å². The summed E-state index contributed by atoms with van der Waals surface area (Å²) in [6.07, 6.45) is 1.77. The Morgan fingerprint density at radius 3 is 2.82 bits per heavy atom. The summed E-state index contributed by atoms with van der Waals surface area (Å²) in [5.41, 5.74) is -0.496. The van der Waals surface area contributed by atoms with Crippen LogP contribution >= 0.6 is 0 Å². The number of halogens is 2. The first kappa shape index (κ1) is 12.5. The standard InChI is InChI=1S/C14H19F2N/c1-10-5-6-13(15)12(8-10)14(2,16)11-4-3-7-17-9-11/h5-6,8,11,17H,3-4,7,9H2,1-2H3. The third-order valence-corrected chi connectivity index (χ3v) is 3.71. The van der Waals surface area contributed by atoms with Crippen LogP contribution in [0.3, 0.4) is 0 Å². The van der Waals surface area contributed by atoms with E-state index >= 15 is 0 Å². The zero-order valence-corrected chi connectivity index (χ0v) is 10.4. The van der Waals surface area contributed by atoms with Crippen molar-refractivity contribution in [2.75, 3.05) is 13.1 Å². The third-order valence-electron chi connectivity index (χ3n) is 3.71. The average molecular weight is 239 g/mol. The van der Waals surface area contributed by atoms with Crippen molar-refractivity contribution in [3.05, 3.63) is 35.1 Å². The number of hydrogen-bond acceptors (Lipinski definition) is 1. The molecule has 0 spiro atoms. The van der Waals surface area contributed by atoms with Crippen molar-refractivity contribution in [3.63, 3.8) is 0 Å². The lowest BCUT2D eigenvalue weighted by Gasteiger charge is -2.34. The topological polar surface area (TPSA) is 12.0 Å². The van der Waals surface area contributed by atoms with Crippen LogP contribution in [-0.4, -0.2) is 13.1 Å². The van der Waals surface area contributed by atoms with Gasteiger partial charge in [-0.25, -0.2) is 8.78 Å². The SMILES string of the molecule is Cc1ccc(F)c(C(C)(F)C2CCCNC2)c1. The smallest absolute Gasteiger partial charge is 0.140 e. The van der Waals surface area contributed by atoms with Crippen molar-refractivity contribution in [2.24, 2.45) is 5.92 Å². The van der Waals surface area contributed by atoms with E-state index in [4.69, 9.17) is 0 Å². The number of rotatable bonds is 2. The minimum atomic E-state index is -1.59. The van der Waals surface area contributed by atoms with Crippen LogP contribution in [0.25, 0.3) is 0 Å². The minimum absolute atomic E-state index is 0.146. The maximum atomic E-state index is 14.9. The predicted octanol–water partition coefficient (Wildman–Crippen LogP) is 3.32. The van der Waals surface area contributed by atoms with E-state index in [-0.39, 0.29) is 11.5 Å². The molecule has 2 rings (SSSR count). The summed E-state index contributed by atoms with van der Waals surface area (Å²) >= 11 is 0. The van der Waals surface area contributed by atoms with Gasteiger partial charge >= 0.3 is 0 Å². The van der Waals surface area contributed by atoms with Gasteiger partial charge in [-0.15, -0.1) is 0 Å². The summed E-state index contributed by atoms with van der Waals surface area (Å²) in [4.78, 5) is 0. The number of benzene rings is 1. The fraction of sp³-hybridized carbons (Fsp3) is 0.571. The number of aryl methyl sites for hydroxylation is 1. The molecular formula is C14H19F2N. The van der Waals surface area contributed by atoms with Gasteiger partial charge in [-0.2, -0.15) is 0 Å². The Kier molecular flexibility index (Phi) is 3.48. The fourth-order valence-corrected chi connectivity index (χ4v) is 2.55. The summed E-state index contributed by atoms with van der Waals surface area (Å²) in [5.74, 6) is -0.585. The van der Waals surface area contributed by atoms with Crippen molar-refractivity contribution in [1.29, 1.82) is 0 Å². The molecule has 1 aromatic rings.